The standard InChI is InChI=1S/C21H25N3O3S/c22-12-17-13-24(14-20(17)15-5-2-1-3-6-15)21(25)16-7-4-8-19(11-16)28(26,27)23-18-9-10-18/h1-8,11,17-18,20,23H,9-10,12-14,22H2/t17-,20+/m1/s1. The Bertz CT molecular complexity index is 958. The minimum atomic E-state index is -3.59. The van der Waals surface area contributed by atoms with Gasteiger partial charge >= 0.3 is 0 Å². The molecule has 2 aromatic rings. The van der Waals surface area contributed by atoms with Crippen LogP contribution in [0.15, 0.2) is 59.5 Å². The fourth-order valence-electron chi connectivity index (χ4n) is 3.82. The summed E-state index contributed by atoms with van der Waals surface area (Å²) in [6.07, 6.45) is 1.74. The molecule has 0 spiro atoms. The molecule has 1 aliphatic carbocycles. The molecule has 2 aromatic carbocycles. The lowest BCUT2D eigenvalue weighted by atomic mass is 9.89. The number of nitrogens with zero attached hydrogens (tertiary/aromatic N) is 1. The van der Waals surface area contributed by atoms with Crippen molar-refractivity contribution >= 4 is 15.9 Å². The van der Waals surface area contributed by atoms with Crippen molar-refractivity contribution in [1.82, 2.24) is 9.62 Å². The van der Waals surface area contributed by atoms with Gasteiger partial charge in [0.1, 0.15) is 0 Å². The van der Waals surface area contributed by atoms with Gasteiger partial charge in [-0.25, -0.2) is 13.1 Å². The summed E-state index contributed by atoms with van der Waals surface area (Å²) >= 11 is 0. The number of hydrogen-bond acceptors (Lipinski definition) is 4. The molecule has 3 N–H and O–H groups in total. The third-order valence-electron chi connectivity index (χ3n) is 5.55. The highest BCUT2D eigenvalue weighted by Crippen LogP contribution is 2.33. The van der Waals surface area contributed by atoms with Gasteiger partial charge in [-0.05, 0) is 49.1 Å². The highest BCUT2D eigenvalue weighted by Gasteiger charge is 2.36. The molecule has 2 aliphatic rings. The Morgan fingerprint density at radius 3 is 2.50 bits per heavy atom. The van der Waals surface area contributed by atoms with Crippen LogP contribution in [0.1, 0.15) is 34.7 Å². The summed E-state index contributed by atoms with van der Waals surface area (Å²) in [7, 11) is -3.59. The van der Waals surface area contributed by atoms with Gasteiger partial charge in [-0.1, -0.05) is 36.4 Å². The lowest BCUT2D eigenvalue weighted by molar-refractivity contribution is 0.0786. The maximum absolute atomic E-state index is 13.1. The van der Waals surface area contributed by atoms with Gasteiger partial charge in [-0.15, -0.1) is 0 Å². The van der Waals surface area contributed by atoms with Gasteiger partial charge in [0.05, 0.1) is 4.90 Å². The smallest absolute Gasteiger partial charge is 0.253 e. The van der Waals surface area contributed by atoms with E-state index in [1.807, 2.05) is 18.2 Å². The second-order valence-corrected chi connectivity index (χ2v) is 9.36. The maximum Gasteiger partial charge on any atom is 0.253 e. The van der Waals surface area contributed by atoms with Crippen molar-refractivity contribution in [3.63, 3.8) is 0 Å². The van der Waals surface area contributed by atoms with Crippen molar-refractivity contribution in [3.8, 4) is 0 Å². The van der Waals surface area contributed by atoms with Crippen molar-refractivity contribution in [1.29, 1.82) is 0 Å². The van der Waals surface area contributed by atoms with Crippen LogP contribution in [0.3, 0.4) is 0 Å². The van der Waals surface area contributed by atoms with E-state index in [4.69, 9.17) is 5.73 Å². The lowest BCUT2D eigenvalue weighted by Crippen LogP contribution is -2.30. The molecule has 148 valence electrons. The Labute approximate surface area is 165 Å². The normalized spacial score (nSPS) is 22.4. The van der Waals surface area contributed by atoms with E-state index < -0.39 is 10.0 Å². The van der Waals surface area contributed by atoms with Gasteiger partial charge in [0, 0.05) is 30.6 Å². The van der Waals surface area contributed by atoms with E-state index in [1.54, 1.807) is 17.0 Å². The zero-order chi connectivity index (χ0) is 19.7. The first kappa shape index (κ1) is 19.1. The van der Waals surface area contributed by atoms with Gasteiger partial charge in [0.15, 0.2) is 0 Å². The molecule has 2 fully saturated rings. The number of nitrogens with two attached hydrogens (primary N) is 1. The Kier molecular flexibility index (Phi) is 5.23. The predicted octanol–water partition coefficient (Wildman–Crippen LogP) is 1.94. The first-order chi connectivity index (χ1) is 13.5. The van der Waals surface area contributed by atoms with Crippen LogP contribution >= 0.6 is 0 Å². The van der Waals surface area contributed by atoms with Gasteiger partial charge < -0.3 is 10.6 Å². The van der Waals surface area contributed by atoms with Crippen LogP contribution in [0.4, 0.5) is 0 Å². The first-order valence-corrected chi connectivity index (χ1v) is 11.1. The van der Waals surface area contributed by atoms with E-state index in [-0.39, 0.29) is 28.7 Å². The van der Waals surface area contributed by atoms with E-state index in [2.05, 4.69) is 16.9 Å². The summed E-state index contributed by atoms with van der Waals surface area (Å²) in [4.78, 5) is 15.0. The van der Waals surface area contributed by atoms with Crippen molar-refractivity contribution in [2.45, 2.75) is 29.7 Å². The Balaban J connectivity index is 1.54. The fourth-order valence-corrected chi connectivity index (χ4v) is 5.17. The first-order valence-electron chi connectivity index (χ1n) is 9.64. The molecule has 0 radical (unpaired) electrons. The van der Waals surface area contributed by atoms with Crippen molar-refractivity contribution in [3.05, 3.63) is 65.7 Å². The number of hydrogen-bond donors (Lipinski definition) is 2. The molecule has 1 heterocycles. The SMILES string of the molecule is NC[C@@H]1CN(C(=O)c2cccc(S(=O)(=O)NC3CC3)c2)C[C@H]1c1ccccc1. The molecule has 1 amide bonds. The van der Waals surface area contributed by atoms with Crippen molar-refractivity contribution < 1.29 is 13.2 Å². The third-order valence-corrected chi connectivity index (χ3v) is 7.07. The molecule has 7 heteroatoms. The molecular weight excluding hydrogens is 374 g/mol. The van der Waals surface area contributed by atoms with Crippen LogP contribution in [0, 0.1) is 5.92 Å². The molecule has 28 heavy (non-hydrogen) atoms. The summed E-state index contributed by atoms with van der Waals surface area (Å²) in [6, 6.07) is 16.4. The minimum absolute atomic E-state index is 0.0277. The fraction of sp³-hybridized carbons (Fsp3) is 0.381. The second kappa shape index (κ2) is 7.66. The number of nitrogens with one attached hydrogen (secondary N) is 1. The summed E-state index contributed by atoms with van der Waals surface area (Å²) in [5.41, 5.74) is 7.54. The Hall–Kier alpha value is -2.22. The van der Waals surface area contributed by atoms with Gasteiger partial charge in [-0.3, -0.25) is 4.79 Å². The predicted molar refractivity (Wildman–Crippen MR) is 107 cm³/mol. The van der Waals surface area contributed by atoms with Crippen LogP contribution in [-0.2, 0) is 10.0 Å². The quantitative estimate of drug-likeness (QED) is 0.776. The number of carbonyl (C=O) groups excluding carboxylic acids is 1. The Morgan fingerprint density at radius 2 is 1.82 bits per heavy atom. The summed E-state index contributed by atoms with van der Waals surface area (Å²) < 4.78 is 27.6. The largest absolute Gasteiger partial charge is 0.338 e. The van der Waals surface area contributed by atoms with E-state index in [0.29, 0.717) is 25.2 Å². The topological polar surface area (TPSA) is 92.5 Å². The molecule has 0 bridgehead atoms. The number of benzene rings is 2. The van der Waals surface area contributed by atoms with E-state index in [1.165, 1.54) is 17.7 Å². The number of rotatable bonds is 6. The van der Waals surface area contributed by atoms with E-state index in [9.17, 15) is 13.2 Å². The molecule has 2 atom stereocenters. The molecule has 6 nitrogen and oxygen atoms in total. The van der Waals surface area contributed by atoms with E-state index >= 15 is 0 Å². The van der Waals surface area contributed by atoms with Crippen molar-refractivity contribution in [2.24, 2.45) is 11.7 Å². The zero-order valence-corrected chi connectivity index (χ0v) is 16.4. The summed E-state index contributed by atoms with van der Waals surface area (Å²) in [5.74, 6) is 0.230. The zero-order valence-electron chi connectivity index (χ0n) is 15.6. The van der Waals surface area contributed by atoms with Crippen LogP contribution in [0.2, 0.25) is 0 Å². The van der Waals surface area contributed by atoms with Crippen LogP contribution < -0.4 is 10.5 Å². The third kappa shape index (κ3) is 3.97. The van der Waals surface area contributed by atoms with Gasteiger partial charge in [-0.2, -0.15) is 0 Å². The second-order valence-electron chi connectivity index (χ2n) is 7.65. The lowest BCUT2D eigenvalue weighted by Gasteiger charge is -2.17. The minimum Gasteiger partial charge on any atom is -0.338 e. The summed E-state index contributed by atoms with van der Waals surface area (Å²) in [6.45, 7) is 1.66. The molecule has 4 rings (SSSR count). The maximum atomic E-state index is 13.1. The number of sulfonamides is 1. The van der Waals surface area contributed by atoms with Gasteiger partial charge in [0.25, 0.3) is 5.91 Å². The molecular formula is C21H25N3O3S. The molecule has 1 saturated carbocycles. The molecule has 1 aliphatic heterocycles. The average molecular weight is 400 g/mol. The number of carbonyl (C=O) groups is 1. The number of amides is 1. The van der Waals surface area contributed by atoms with Crippen molar-refractivity contribution in [2.75, 3.05) is 19.6 Å². The molecule has 0 unspecified atom stereocenters. The monoisotopic (exact) mass is 399 g/mol. The van der Waals surface area contributed by atoms with E-state index in [0.717, 1.165) is 12.8 Å². The summed E-state index contributed by atoms with van der Waals surface area (Å²) in [5, 5.41) is 0. The molecule has 0 aromatic heterocycles. The van der Waals surface area contributed by atoms with Crippen LogP contribution in [0.25, 0.3) is 0 Å². The Morgan fingerprint density at radius 1 is 1.07 bits per heavy atom. The van der Waals surface area contributed by atoms with Crippen LogP contribution in [-0.4, -0.2) is 44.9 Å². The highest BCUT2D eigenvalue weighted by atomic mass is 32.2. The van der Waals surface area contributed by atoms with Crippen LogP contribution in [0.5, 0.6) is 0 Å². The van der Waals surface area contributed by atoms with Gasteiger partial charge in [0.2, 0.25) is 10.0 Å². The number of likely N-dealkylation sites (tertiary alicyclic amines) is 1. The average Bonchev–Trinajstić information content (AvgIpc) is 3.41. The molecule has 1 saturated heterocycles. The highest BCUT2D eigenvalue weighted by molar-refractivity contribution is 7.89.